The van der Waals surface area contributed by atoms with E-state index in [-0.39, 0.29) is 48.5 Å². The van der Waals surface area contributed by atoms with Crippen LogP contribution in [0.15, 0.2) is 18.2 Å². The molecule has 0 saturated carbocycles. The van der Waals surface area contributed by atoms with Crippen LogP contribution in [0.5, 0.6) is 0 Å². The lowest BCUT2D eigenvalue weighted by atomic mass is 10.1. The summed E-state index contributed by atoms with van der Waals surface area (Å²) in [6, 6.07) is 5.42. The summed E-state index contributed by atoms with van der Waals surface area (Å²) in [6.45, 7) is 8.02. The Morgan fingerprint density at radius 2 is 1.93 bits per heavy atom. The molecular formula is C21H33N3O4S. The number of hydrogen-bond donors (Lipinski definition) is 1. The van der Waals surface area contributed by atoms with E-state index in [4.69, 9.17) is 0 Å². The third-order valence-corrected chi connectivity index (χ3v) is 7.40. The maximum Gasteiger partial charge on any atom is 0.238 e. The topological polar surface area (TPSA) is 86.8 Å². The average molecular weight is 424 g/mol. The molecule has 0 radical (unpaired) electrons. The fourth-order valence-corrected chi connectivity index (χ4v) is 5.40. The quantitative estimate of drug-likeness (QED) is 0.691. The van der Waals surface area contributed by atoms with Crippen molar-refractivity contribution in [1.82, 2.24) is 9.80 Å². The Morgan fingerprint density at radius 3 is 2.52 bits per heavy atom. The first-order valence-corrected chi connectivity index (χ1v) is 11.9. The molecule has 1 aromatic rings. The van der Waals surface area contributed by atoms with Crippen LogP contribution in [-0.2, 0) is 19.4 Å². The Kier molecular flexibility index (Phi) is 7.82. The van der Waals surface area contributed by atoms with Gasteiger partial charge in [-0.05, 0) is 57.9 Å². The van der Waals surface area contributed by atoms with E-state index in [1.165, 1.54) is 0 Å². The standard InChI is InChI=1S/C21H33N3O4S/c1-6-16(3)24(18-10-11-29(27,28)14-18)21(26)13-23(5)12-20(25)22-19-9-7-8-15(2)17(19)4/h7-9,16,18H,6,10-14H2,1-5H3,(H,22,25)/t16-,18+/m1/s1. The lowest BCUT2D eigenvalue weighted by molar-refractivity contribution is -0.136. The fourth-order valence-electron chi connectivity index (χ4n) is 3.69. The Balaban J connectivity index is 1.98. The van der Waals surface area contributed by atoms with Gasteiger partial charge in [-0.2, -0.15) is 0 Å². The third kappa shape index (κ3) is 6.27. The average Bonchev–Trinajstić information content (AvgIpc) is 2.98. The van der Waals surface area contributed by atoms with E-state index in [1.54, 1.807) is 16.8 Å². The largest absolute Gasteiger partial charge is 0.335 e. The van der Waals surface area contributed by atoms with E-state index < -0.39 is 9.84 Å². The zero-order valence-electron chi connectivity index (χ0n) is 18.1. The summed E-state index contributed by atoms with van der Waals surface area (Å²) in [4.78, 5) is 28.7. The van der Waals surface area contributed by atoms with Gasteiger partial charge in [-0.1, -0.05) is 19.1 Å². The van der Waals surface area contributed by atoms with Crippen LogP contribution in [0.3, 0.4) is 0 Å². The smallest absolute Gasteiger partial charge is 0.238 e. The van der Waals surface area contributed by atoms with Crippen molar-refractivity contribution in [2.24, 2.45) is 0 Å². The number of rotatable bonds is 8. The minimum Gasteiger partial charge on any atom is -0.335 e. The van der Waals surface area contributed by atoms with Gasteiger partial charge in [0.2, 0.25) is 11.8 Å². The molecule has 1 aliphatic heterocycles. The Labute approximate surface area is 174 Å². The normalized spacial score (nSPS) is 19.2. The highest BCUT2D eigenvalue weighted by Crippen LogP contribution is 2.22. The number of anilines is 1. The molecular weight excluding hydrogens is 390 g/mol. The van der Waals surface area contributed by atoms with Gasteiger partial charge in [0, 0.05) is 17.8 Å². The van der Waals surface area contributed by atoms with Crippen molar-refractivity contribution in [1.29, 1.82) is 0 Å². The minimum atomic E-state index is -3.08. The predicted octanol–water partition coefficient (Wildman–Crippen LogP) is 1.99. The highest BCUT2D eigenvalue weighted by Gasteiger charge is 2.36. The molecule has 1 aromatic carbocycles. The number of benzene rings is 1. The van der Waals surface area contributed by atoms with Crippen LogP contribution in [0.25, 0.3) is 0 Å². The number of aryl methyl sites for hydroxylation is 1. The van der Waals surface area contributed by atoms with Gasteiger partial charge in [0.25, 0.3) is 0 Å². The van der Waals surface area contributed by atoms with E-state index in [0.29, 0.717) is 6.42 Å². The van der Waals surface area contributed by atoms with Crippen LogP contribution >= 0.6 is 0 Å². The second kappa shape index (κ2) is 9.71. The molecule has 162 valence electrons. The lowest BCUT2D eigenvalue weighted by Gasteiger charge is -2.35. The van der Waals surface area contributed by atoms with Gasteiger partial charge in [-0.25, -0.2) is 8.42 Å². The molecule has 0 bridgehead atoms. The van der Waals surface area contributed by atoms with Gasteiger partial charge >= 0.3 is 0 Å². The lowest BCUT2D eigenvalue weighted by Crippen LogP contribution is -2.50. The highest BCUT2D eigenvalue weighted by molar-refractivity contribution is 7.91. The first-order chi connectivity index (χ1) is 13.5. The minimum absolute atomic E-state index is 0.0277. The van der Waals surface area contributed by atoms with Gasteiger partial charge in [-0.15, -0.1) is 0 Å². The Bertz CT molecular complexity index is 853. The van der Waals surface area contributed by atoms with Gasteiger partial charge in [0.05, 0.1) is 24.6 Å². The number of carbonyl (C=O) groups is 2. The maximum absolute atomic E-state index is 12.9. The summed E-state index contributed by atoms with van der Waals surface area (Å²) in [5.41, 5.74) is 2.89. The summed E-state index contributed by atoms with van der Waals surface area (Å²) in [5, 5.41) is 2.90. The van der Waals surface area contributed by atoms with Gasteiger partial charge < -0.3 is 10.2 Å². The van der Waals surface area contributed by atoms with Gasteiger partial charge in [-0.3, -0.25) is 14.5 Å². The van der Waals surface area contributed by atoms with Crippen molar-refractivity contribution in [2.75, 3.05) is 37.0 Å². The monoisotopic (exact) mass is 423 g/mol. The fraction of sp³-hybridized carbons (Fsp3) is 0.619. The molecule has 2 rings (SSSR count). The molecule has 2 amide bonds. The van der Waals surface area contributed by atoms with Crippen molar-refractivity contribution in [3.63, 3.8) is 0 Å². The number of sulfone groups is 1. The van der Waals surface area contributed by atoms with Crippen molar-refractivity contribution in [3.05, 3.63) is 29.3 Å². The van der Waals surface area contributed by atoms with Crippen molar-refractivity contribution in [3.8, 4) is 0 Å². The molecule has 0 spiro atoms. The SMILES string of the molecule is CC[C@@H](C)N(C(=O)CN(C)CC(=O)Nc1cccc(C)c1C)[C@H]1CCS(=O)(=O)C1. The summed E-state index contributed by atoms with van der Waals surface area (Å²) in [7, 11) is -1.35. The van der Waals surface area contributed by atoms with Crippen LogP contribution in [0.2, 0.25) is 0 Å². The molecule has 1 fully saturated rings. The van der Waals surface area contributed by atoms with Gasteiger partial charge in [0.15, 0.2) is 9.84 Å². The number of amides is 2. The van der Waals surface area contributed by atoms with Crippen LogP contribution in [-0.4, -0.2) is 73.8 Å². The summed E-state index contributed by atoms with van der Waals surface area (Å²) in [6.07, 6.45) is 1.23. The molecule has 0 unspecified atom stereocenters. The van der Waals surface area contributed by atoms with E-state index in [1.807, 2.05) is 45.9 Å². The number of hydrogen-bond acceptors (Lipinski definition) is 5. The number of likely N-dealkylation sites (N-methyl/N-ethyl adjacent to an activating group) is 1. The van der Waals surface area contributed by atoms with E-state index in [9.17, 15) is 18.0 Å². The maximum atomic E-state index is 12.9. The van der Waals surface area contributed by atoms with Crippen molar-refractivity contribution < 1.29 is 18.0 Å². The summed E-state index contributed by atoms with van der Waals surface area (Å²) >= 11 is 0. The van der Waals surface area contributed by atoms with E-state index >= 15 is 0 Å². The third-order valence-electron chi connectivity index (χ3n) is 5.65. The Hall–Kier alpha value is -1.93. The molecule has 0 aliphatic carbocycles. The molecule has 1 saturated heterocycles. The Morgan fingerprint density at radius 1 is 1.24 bits per heavy atom. The van der Waals surface area contributed by atoms with Crippen LogP contribution in [0, 0.1) is 13.8 Å². The van der Waals surface area contributed by atoms with E-state index in [0.717, 1.165) is 23.2 Å². The molecule has 1 aliphatic rings. The zero-order valence-corrected chi connectivity index (χ0v) is 18.9. The molecule has 1 heterocycles. The number of nitrogens with zero attached hydrogens (tertiary/aromatic N) is 2. The molecule has 0 aromatic heterocycles. The summed E-state index contributed by atoms with van der Waals surface area (Å²) in [5.74, 6) is -0.165. The molecule has 29 heavy (non-hydrogen) atoms. The van der Waals surface area contributed by atoms with E-state index in [2.05, 4.69) is 5.32 Å². The molecule has 8 heteroatoms. The molecule has 1 N–H and O–H groups in total. The second-order valence-corrected chi connectivity index (χ2v) is 10.3. The van der Waals surface area contributed by atoms with Gasteiger partial charge in [0.1, 0.15) is 0 Å². The van der Waals surface area contributed by atoms with Crippen LogP contribution in [0.1, 0.15) is 37.8 Å². The summed E-state index contributed by atoms with van der Waals surface area (Å²) < 4.78 is 23.7. The highest BCUT2D eigenvalue weighted by atomic mass is 32.2. The number of carbonyl (C=O) groups excluding carboxylic acids is 2. The number of nitrogens with one attached hydrogen (secondary N) is 1. The van der Waals surface area contributed by atoms with Crippen LogP contribution in [0.4, 0.5) is 5.69 Å². The van der Waals surface area contributed by atoms with Crippen molar-refractivity contribution >= 4 is 27.3 Å². The first-order valence-electron chi connectivity index (χ1n) is 10.1. The van der Waals surface area contributed by atoms with Crippen LogP contribution < -0.4 is 5.32 Å². The zero-order chi connectivity index (χ0) is 21.8. The first kappa shape index (κ1) is 23.3. The second-order valence-electron chi connectivity index (χ2n) is 8.08. The van der Waals surface area contributed by atoms with Crippen molar-refractivity contribution in [2.45, 2.75) is 52.6 Å². The molecule has 7 nitrogen and oxygen atoms in total. The molecule has 2 atom stereocenters. The predicted molar refractivity (Wildman–Crippen MR) is 116 cm³/mol.